The molecule has 0 atom stereocenters. The predicted octanol–water partition coefficient (Wildman–Crippen LogP) is 3.82. The lowest BCUT2D eigenvalue weighted by Crippen LogP contribution is -2.07. The van der Waals surface area contributed by atoms with Gasteiger partial charge < -0.3 is 9.84 Å². The molecular weight excluding hydrogens is 288 g/mol. The van der Waals surface area contributed by atoms with Crippen molar-refractivity contribution >= 4 is 33.4 Å². The molecule has 3 rings (SSSR count). The Morgan fingerprint density at radius 3 is 2.48 bits per heavy atom. The molecule has 21 heavy (non-hydrogen) atoms. The van der Waals surface area contributed by atoms with Crippen molar-refractivity contribution in [1.29, 1.82) is 0 Å². The first-order valence-corrected chi connectivity index (χ1v) is 6.99. The van der Waals surface area contributed by atoms with E-state index in [1.165, 1.54) is 11.3 Å². The van der Waals surface area contributed by atoms with Gasteiger partial charge in [-0.2, -0.15) is 0 Å². The summed E-state index contributed by atoms with van der Waals surface area (Å²) in [5.41, 5.74) is 0.467. The zero-order chi connectivity index (χ0) is 14.8. The number of hydrogen-bond acceptors (Lipinski definition) is 4. The highest BCUT2D eigenvalue weighted by Gasteiger charge is 2.11. The fourth-order valence-corrected chi connectivity index (χ4v) is 2.81. The second-order valence-corrected chi connectivity index (χ2v) is 5.45. The van der Waals surface area contributed by atoms with E-state index in [0.717, 1.165) is 10.1 Å². The van der Waals surface area contributed by atoms with Gasteiger partial charge in [-0.05, 0) is 41.8 Å². The molecule has 2 aromatic carbocycles. The molecule has 0 aliphatic carbocycles. The molecule has 0 radical (unpaired) electrons. The molecule has 5 heteroatoms. The van der Waals surface area contributed by atoms with Crippen LogP contribution in [0.2, 0.25) is 0 Å². The Morgan fingerprint density at radius 2 is 1.76 bits per heavy atom. The lowest BCUT2D eigenvalue weighted by molar-refractivity contribution is 0.0699. The smallest absolute Gasteiger partial charge is 0.345 e. The molecule has 0 fully saturated rings. The largest absolute Gasteiger partial charge is 0.477 e. The maximum absolute atomic E-state index is 11.9. The molecule has 0 saturated heterocycles. The van der Waals surface area contributed by atoms with Crippen LogP contribution >= 0.6 is 11.3 Å². The van der Waals surface area contributed by atoms with Crippen LogP contribution in [0.3, 0.4) is 0 Å². The van der Waals surface area contributed by atoms with E-state index in [2.05, 4.69) is 0 Å². The average Bonchev–Trinajstić information content (AvgIpc) is 2.91. The van der Waals surface area contributed by atoms with E-state index in [-0.39, 0.29) is 4.88 Å². The summed E-state index contributed by atoms with van der Waals surface area (Å²) in [5.74, 6) is -1.01. The number of thiophene rings is 1. The zero-order valence-electron chi connectivity index (χ0n) is 10.8. The third-order valence-corrected chi connectivity index (χ3v) is 4.02. The Labute approximate surface area is 124 Å². The highest BCUT2D eigenvalue weighted by molar-refractivity contribution is 7.20. The highest BCUT2D eigenvalue weighted by Crippen LogP contribution is 2.29. The number of carboxylic acid groups (broad SMARTS) is 1. The fraction of sp³-hybridized carbons (Fsp3) is 0. The summed E-state index contributed by atoms with van der Waals surface area (Å²) in [6.45, 7) is 0. The molecule has 0 unspecified atom stereocenters. The summed E-state index contributed by atoms with van der Waals surface area (Å²) < 4.78 is 6.14. The van der Waals surface area contributed by atoms with Crippen molar-refractivity contribution in [1.82, 2.24) is 0 Å². The van der Waals surface area contributed by atoms with Gasteiger partial charge in [-0.15, -0.1) is 11.3 Å². The summed E-state index contributed by atoms with van der Waals surface area (Å²) in [6, 6.07) is 15.3. The van der Waals surface area contributed by atoms with Crippen molar-refractivity contribution in [3.8, 4) is 5.75 Å². The van der Waals surface area contributed by atoms with E-state index in [9.17, 15) is 9.59 Å². The summed E-state index contributed by atoms with van der Waals surface area (Å²) >= 11 is 1.19. The van der Waals surface area contributed by atoms with Crippen LogP contribution in [0.1, 0.15) is 20.0 Å². The molecule has 1 heterocycles. The first-order valence-electron chi connectivity index (χ1n) is 6.17. The number of ether oxygens (including phenoxy) is 1. The number of carboxylic acids is 1. The Kier molecular flexibility index (Phi) is 3.41. The normalized spacial score (nSPS) is 10.5. The minimum Gasteiger partial charge on any atom is -0.477 e. The van der Waals surface area contributed by atoms with Gasteiger partial charge in [0.1, 0.15) is 10.6 Å². The third-order valence-electron chi connectivity index (χ3n) is 2.92. The standard InChI is InChI=1S/C16H10O4S/c17-15(18)14-9-11-8-12(6-7-13(11)21-14)20-16(19)10-4-2-1-3-5-10/h1-9H,(H,17,18). The topological polar surface area (TPSA) is 63.6 Å². The molecule has 0 spiro atoms. The quantitative estimate of drug-likeness (QED) is 0.590. The number of benzene rings is 2. The van der Waals surface area contributed by atoms with Crippen molar-refractivity contribution in [2.24, 2.45) is 0 Å². The third kappa shape index (κ3) is 2.78. The van der Waals surface area contributed by atoms with E-state index in [4.69, 9.17) is 9.84 Å². The van der Waals surface area contributed by atoms with Crippen LogP contribution in [0.25, 0.3) is 10.1 Å². The molecule has 0 aliphatic rings. The van der Waals surface area contributed by atoms with Crippen LogP contribution in [0.4, 0.5) is 0 Å². The molecule has 1 N–H and O–H groups in total. The predicted molar refractivity (Wildman–Crippen MR) is 80.2 cm³/mol. The molecular formula is C16H10O4S. The molecule has 3 aromatic rings. The summed E-state index contributed by atoms with van der Waals surface area (Å²) in [6.07, 6.45) is 0. The lowest BCUT2D eigenvalue weighted by atomic mass is 10.2. The fourth-order valence-electron chi connectivity index (χ4n) is 1.93. The van der Waals surface area contributed by atoms with Gasteiger partial charge in [-0.3, -0.25) is 0 Å². The molecule has 0 amide bonds. The van der Waals surface area contributed by atoms with Crippen molar-refractivity contribution in [3.05, 3.63) is 65.0 Å². The maximum Gasteiger partial charge on any atom is 0.345 e. The number of rotatable bonds is 3. The summed E-state index contributed by atoms with van der Waals surface area (Å²) in [5, 5.41) is 9.72. The molecule has 0 bridgehead atoms. The zero-order valence-corrected chi connectivity index (χ0v) is 11.6. The van der Waals surface area contributed by atoms with Crippen LogP contribution in [0.5, 0.6) is 5.75 Å². The number of fused-ring (bicyclic) bond motifs is 1. The van der Waals surface area contributed by atoms with E-state index in [1.807, 2.05) is 6.07 Å². The minimum atomic E-state index is -0.959. The van der Waals surface area contributed by atoms with Crippen LogP contribution < -0.4 is 4.74 Å². The van der Waals surface area contributed by atoms with Crippen LogP contribution in [-0.2, 0) is 0 Å². The summed E-state index contributed by atoms with van der Waals surface area (Å²) in [4.78, 5) is 23.2. The Morgan fingerprint density at radius 1 is 1.00 bits per heavy atom. The van der Waals surface area contributed by atoms with E-state index in [0.29, 0.717) is 11.3 Å². The van der Waals surface area contributed by atoms with Gasteiger partial charge in [0.2, 0.25) is 0 Å². The van der Waals surface area contributed by atoms with E-state index < -0.39 is 11.9 Å². The van der Waals surface area contributed by atoms with Crippen molar-refractivity contribution in [2.45, 2.75) is 0 Å². The molecule has 0 aliphatic heterocycles. The molecule has 1 aromatic heterocycles. The van der Waals surface area contributed by atoms with Crippen molar-refractivity contribution in [2.75, 3.05) is 0 Å². The van der Waals surface area contributed by atoms with Gasteiger partial charge in [-0.25, -0.2) is 9.59 Å². The first kappa shape index (κ1) is 13.3. The van der Waals surface area contributed by atoms with Gasteiger partial charge in [0, 0.05) is 4.70 Å². The average molecular weight is 298 g/mol. The Balaban J connectivity index is 1.87. The SMILES string of the molecule is O=C(Oc1ccc2sc(C(=O)O)cc2c1)c1ccccc1. The number of aromatic carboxylic acids is 1. The minimum absolute atomic E-state index is 0.261. The number of esters is 1. The van der Waals surface area contributed by atoms with Crippen molar-refractivity contribution < 1.29 is 19.4 Å². The van der Waals surface area contributed by atoms with Gasteiger partial charge in [0.15, 0.2) is 0 Å². The highest BCUT2D eigenvalue weighted by atomic mass is 32.1. The monoisotopic (exact) mass is 298 g/mol. The number of carbonyl (C=O) groups excluding carboxylic acids is 1. The van der Waals surface area contributed by atoms with Crippen LogP contribution in [0, 0.1) is 0 Å². The van der Waals surface area contributed by atoms with E-state index >= 15 is 0 Å². The van der Waals surface area contributed by atoms with Gasteiger partial charge in [-0.1, -0.05) is 18.2 Å². The Bertz CT molecular complexity index is 821. The molecule has 104 valence electrons. The van der Waals surface area contributed by atoms with Gasteiger partial charge in [0.05, 0.1) is 5.56 Å². The number of carbonyl (C=O) groups is 2. The van der Waals surface area contributed by atoms with Crippen LogP contribution in [-0.4, -0.2) is 17.0 Å². The van der Waals surface area contributed by atoms with Crippen LogP contribution in [0.15, 0.2) is 54.6 Å². The lowest BCUT2D eigenvalue weighted by Gasteiger charge is -2.04. The molecule has 4 nitrogen and oxygen atoms in total. The number of hydrogen-bond donors (Lipinski definition) is 1. The second-order valence-electron chi connectivity index (χ2n) is 4.37. The Hall–Kier alpha value is -2.66. The van der Waals surface area contributed by atoms with Gasteiger partial charge >= 0.3 is 11.9 Å². The maximum atomic E-state index is 11.9. The molecule has 0 saturated carbocycles. The van der Waals surface area contributed by atoms with Crippen molar-refractivity contribution in [3.63, 3.8) is 0 Å². The summed E-state index contributed by atoms with van der Waals surface area (Å²) in [7, 11) is 0. The van der Waals surface area contributed by atoms with Gasteiger partial charge in [0.25, 0.3) is 0 Å². The first-order chi connectivity index (χ1) is 10.1. The second kappa shape index (κ2) is 5.38. The van der Waals surface area contributed by atoms with E-state index in [1.54, 1.807) is 48.5 Å².